The Morgan fingerprint density at radius 2 is 2.03 bits per heavy atom. The Morgan fingerprint density at radius 3 is 2.69 bits per heavy atom. The van der Waals surface area contributed by atoms with Gasteiger partial charge in [-0.2, -0.15) is 0 Å². The smallest absolute Gasteiger partial charge is 0.414 e. The normalized spacial score (nSPS) is 18.1. The van der Waals surface area contributed by atoms with Crippen molar-refractivity contribution in [3.05, 3.63) is 59.5 Å². The van der Waals surface area contributed by atoms with Gasteiger partial charge in [-0.1, -0.05) is 18.2 Å². The van der Waals surface area contributed by atoms with Crippen LogP contribution in [0.4, 0.5) is 14.9 Å². The Bertz CT molecular complexity index is 964. The number of nitrogens with one attached hydrogen (secondary N) is 2. The molecule has 0 unspecified atom stereocenters. The largest absolute Gasteiger partial charge is 0.456 e. The molecule has 4 rings (SSSR count). The number of anilines is 1. The van der Waals surface area contributed by atoms with E-state index in [1.54, 1.807) is 5.01 Å². The highest BCUT2D eigenvalue weighted by atomic mass is 19.1. The number of halogens is 1. The SMILES string of the molecule is COC(=O)N1c2c(F)cc(C3=CN(C)NN3)c(Oc3ccccc3)c2CC[C@@H]1C. The number of carbonyl (C=O) groups is 1. The van der Waals surface area contributed by atoms with Gasteiger partial charge in [0.2, 0.25) is 0 Å². The predicted molar refractivity (Wildman–Crippen MR) is 108 cm³/mol. The quantitative estimate of drug-likeness (QED) is 0.820. The molecule has 8 heteroatoms. The van der Waals surface area contributed by atoms with Crippen molar-refractivity contribution in [1.29, 1.82) is 0 Å². The van der Waals surface area contributed by atoms with E-state index in [1.165, 1.54) is 18.1 Å². The maximum Gasteiger partial charge on any atom is 0.414 e. The zero-order chi connectivity index (χ0) is 20.5. The average Bonchev–Trinajstić information content (AvgIpc) is 3.16. The number of fused-ring (bicyclic) bond motifs is 1. The maximum absolute atomic E-state index is 15.3. The summed E-state index contributed by atoms with van der Waals surface area (Å²) >= 11 is 0. The number of para-hydroxylation sites is 1. The van der Waals surface area contributed by atoms with Gasteiger partial charge in [0.1, 0.15) is 17.3 Å². The summed E-state index contributed by atoms with van der Waals surface area (Å²) in [5.74, 6) is 0.652. The molecule has 2 aliphatic heterocycles. The molecule has 29 heavy (non-hydrogen) atoms. The van der Waals surface area contributed by atoms with Crippen LogP contribution in [0.15, 0.2) is 42.6 Å². The first-order valence-electron chi connectivity index (χ1n) is 9.41. The van der Waals surface area contributed by atoms with Gasteiger partial charge < -0.3 is 14.9 Å². The van der Waals surface area contributed by atoms with Gasteiger partial charge in [-0.15, -0.1) is 5.53 Å². The zero-order valence-corrected chi connectivity index (χ0v) is 16.5. The van der Waals surface area contributed by atoms with Crippen LogP contribution in [0, 0.1) is 5.82 Å². The molecule has 2 heterocycles. The Balaban J connectivity index is 1.91. The lowest BCUT2D eigenvalue weighted by Crippen LogP contribution is -2.43. The third-order valence-corrected chi connectivity index (χ3v) is 5.11. The van der Waals surface area contributed by atoms with E-state index in [4.69, 9.17) is 9.47 Å². The topological polar surface area (TPSA) is 66.1 Å². The summed E-state index contributed by atoms with van der Waals surface area (Å²) in [6, 6.07) is 10.5. The van der Waals surface area contributed by atoms with Gasteiger partial charge in [-0.05, 0) is 38.0 Å². The van der Waals surface area contributed by atoms with Crippen LogP contribution < -0.4 is 20.6 Å². The fourth-order valence-electron chi connectivity index (χ4n) is 3.71. The van der Waals surface area contributed by atoms with Crippen LogP contribution in [0.2, 0.25) is 0 Å². The Morgan fingerprint density at radius 1 is 1.28 bits per heavy atom. The molecular weight excluding hydrogens is 375 g/mol. The van der Waals surface area contributed by atoms with Gasteiger partial charge in [-0.25, -0.2) is 9.18 Å². The minimum absolute atomic E-state index is 0.184. The highest BCUT2D eigenvalue weighted by molar-refractivity contribution is 5.92. The van der Waals surface area contributed by atoms with Gasteiger partial charge in [0.15, 0.2) is 0 Å². The molecule has 2 aliphatic rings. The van der Waals surface area contributed by atoms with Crippen LogP contribution in [0.25, 0.3) is 5.70 Å². The number of nitrogens with zero attached hydrogens (tertiary/aromatic N) is 2. The second kappa shape index (κ2) is 7.63. The lowest BCUT2D eigenvalue weighted by molar-refractivity contribution is 0.175. The molecule has 0 aromatic heterocycles. The number of benzene rings is 2. The number of hydrazine groups is 2. The fourth-order valence-corrected chi connectivity index (χ4v) is 3.71. The van der Waals surface area contributed by atoms with Crippen molar-refractivity contribution < 1.29 is 18.7 Å². The molecule has 7 nitrogen and oxygen atoms in total. The molecule has 0 saturated heterocycles. The molecule has 0 bridgehead atoms. The average molecular weight is 398 g/mol. The van der Waals surface area contributed by atoms with Gasteiger partial charge >= 0.3 is 6.09 Å². The molecule has 0 radical (unpaired) electrons. The summed E-state index contributed by atoms with van der Waals surface area (Å²) in [5, 5.41) is 1.72. The van der Waals surface area contributed by atoms with E-state index in [9.17, 15) is 4.79 Å². The Kier molecular flexibility index (Phi) is 5.02. The molecule has 1 amide bonds. The molecule has 2 aromatic carbocycles. The minimum atomic E-state index is -0.588. The molecule has 152 valence electrons. The van der Waals surface area contributed by atoms with Crippen molar-refractivity contribution in [2.45, 2.75) is 25.8 Å². The number of hydrogen-bond acceptors (Lipinski definition) is 6. The predicted octanol–water partition coefficient (Wildman–Crippen LogP) is 3.78. The van der Waals surface area contributed by atoms with Gasteiger partial charge in [-0.3, -0.25) is 9.91 Å². The summed E-state index contributed by atoms with van der Waals surface area (Å²) in [4.78, 5) is 13.8. The van der Waals surface area contributed by atoms with E-state index in [1.807, 2.05) is 50.5 Å². The van der Waals surface area contributed by atoms with Crippen LogP contribution in [0.1, 0.15) is 24.5 Å². The first-order valence-corrected chi connectivity index (χ1v) is 9.41. The van der Waals surface area contributed by atoms with Crippen molar-refractivity contribution in [2.24, 2.45) is 0 Å². The van der Waals surface area contributed by atoms with E-state index >= 15 is 4.39 Å². The summed E-state index contributed by atoms with van der Waals surface area (Å²) in [6.07, 6.45) is 2.46. The summed E-state index contributed by atoms with van der Waals surface area (Å²) < 4.78 is 26.5. The molecule has 0 spiro atoms. The first-order chi connectivity index (χ1) is 14.0. The van der Waals surface area contributed by atoms with Crippen molar-refractivity contribution in [3.63, 3.8) is 0 Å². The first kappa shape index (κ1) is 19.1. The van der Waals surface area contributed by atoms with Crippen molar-refractivity contribution in [1.82, 2.24) is 16.0 Å². The molecule has 2 aromatic rings. The molecule has 1 atom stereocenters. The van der Waals surface area contributed by atoms with E-state index in [-0.39, 0.29) is 11.7 Å². The van der Waals surface area contributed by atoms with Crippen molar-refractivity contribution in [3.8, 4) is 11.5 Å². The lowest BCUT2D eigenvalue weighted by Gasteiger charge is -2.35. The van der Waals surface area contributed by atoms with Crippen LogP contribution in [-0.4, -0.2) is 31.3 Å². The monoisotopic (exact) mass is 398 g/mol. The number of amides is 1. The Labute approximate surface area is 168 Å². The molecule has 2 N–H and O–H groups in total. The maximum atomic E-state index is 15.3. The molecular formula is C21H23FN4O3. The second-order valence-corrected chi connectivity index (χ2v) is 7.10. The van der Waals surface area contributed by atoms with E-state index in [0.29, 0.717) is 41.2 Å². The number of rotatable bonds is 3. The minimum Gasteiger partial charge on any atom is -0.456 e. The van der Waals surface area contributed by atoms with Crippen LogP contribution in [0.5, 0.6) is 11.5 Å². The molecule has 0 aliphatic carbocycles. The number of methoxy groups -OCH3 is 1. The van der Waals surface area contributed by atoms with Crippen LogP contribution >= 0.6 is 0 Å². The molecule has 0 fully saturated rings. The summed E-state index contributed by atoms with van der Waals surface area (Å²) in [7, 11) is 3.12. The van der Waals surface area contributed by atoms with E-state index < -0.39 is 11.9 Å². The highest BCUT2D eigenvalue weighted by Crippen LogP contribution is 2.44. The summed E-state index contributed by atoms with van der Waals surface area (Å²) in [6.45, 7) is 1.88. The number of hydrogen-bond donors (Lipinski definition) is 2. The van der Waals surface area contributed by atoms with Gasteiger partial charge in [0, 0.05) is 30.4 Å². The van der Waals surface area contributed by atoms with Gasteiger partial charge in [0.25, 0.3) is 0 Å². The van der Waals surface area contributed by atoms with Gasteiger partial charge in [0.05, 0.1) is 18.5 Å². The van der Waals surface area contributed by atoms with E-state index in [2.05, 4.69) is 11.0 Å². The zero-order valence-electron chi connectivity index (χ0n) is 16.5. The highest BCUT2D eigenvalue weighted by Gasteiger charge is 2.36. The van der Waals surface area contributed by atoms with Crippen LogP contribution in [-0.2, 0) is 11.2 Å². The van der Waals surface area contributed by atoms with Crippen molar-refractivity contribution in [2.75, 3.05) is 19.1 Å². The number of ether oxygens (including phenoxy) is 2. The second-order valence-electron chi connectivity index (χ2n) is 7.10. The third-order valence-electron chi connectivity index (χ3n) is 5.11. The van der Waals surface area contributed by atoms with Crippen LogP contribution in [0.3, 0.4) is 0 Å². The third kappa shape index (κ3) is 3.47. The lowest BCUT2D eigenvalue weighted by atomic mass is 9.92. The summed E-state index contributed by atoms with van der Waals surface area (Å²) in [5.41, 5.74) is 8.05. The van der Waals surface area contributed by atoms with Crippen molar-refractivity contribution >= 4 is 17.5 Å². The van der Waals surface area contributed by atoms with E-state index in [0.717, 1.165) is 0 Å². The Hall–Kier alpha value is -3.26. The fraction of sp³-hybridized carbons (Fsp3) is 0.286. The number of carbonyl (C=O) groups excluding carboxylic acids is 1. The molecule has 0 saturated carbocycles. The standard InChI is InChI=1S/C21H23FN4O3/c1-13-9-10-15-19(26(13)21(27)28-3)17(22)11-16(18-12-25(2)24-23-18)20(15)29-14-7-5-4-6-8-14/h4-8,11-13,23-24H,9-10H2,1-3H3/t13-/m0/s1.